The third-order valence-corrected chi connectivity index (χ3v) is 4.13. The fourth-order valence-corrected chi connectivity index (χ4v) is 3.12. The Bertz CT molecular complexity index is 300. The Morgan fingerprint density at radius 3 is 2.57 bits per heavy atom. The number of carbonyl (C=O) groups is 1. The van der Waals surface area contributed by atoms with Crippen LogP contribution in [0.3, 0.4) is 0 Å². The van der Waals surface area contributed by atoms with Crippen LogP contribution in [-0.2, 0) is 14.3 Å². The van der Waals surface area contributed by atoms with Crippen LogP contribution in [0, 0.1) is 5.92 Å². The first-order valence-electron chi connectivity index (χ1n) is 8.50. The van der Waals surface area contributed by atoms with Crippen LogP contribution in [0.15, 0.2) is 0 Å². The molecule has 1 saturated carbocycles. The third kappa shape index (κ3) is 6.79. The lowest BCUT2D eigenvalue weighted by Gasteiger charge is -2.30. The summed E-state index contributed by atoms with van der Waals surface area (Å²) in [5.74, 6) is 0.602. The zero-order chi connectivity index (χ0) is 15.7. The molecule has 1 aliphatic rings. The highest BCUT2D eigenvalue weighted by atomic mass is 16.5. The highest BCUT2D eigenvalue weighted by Gasteiger charge is 2.34. The number of hydrogen-bond donors (Lipinski definition) is 1. The molecule has 0 aromatic heterocycles. The van der Waals surface area contributed by atoms with Gasteiger partial charge in [-0.2, -0.15) is 0 Å². The van der Waals surface area contributed by atoms with E-state index in [1.165, 1.54) is 25.7 Å². The van der Waals surface area contributed by atoms with E-state index in [-0.39, 0.29) is 12.0 Å². The first kappa shape index (κ1) is 18.4. The van der Waals surface area contributed by atoms with E-state index in [0.29, 0.717) is 6.61 Å². The van der Waals surface area contributed by atoms with Gasteiger partial charge in [-0.15, -0.1) is 0 Å². The minimum atomic E-state index is -0.610. The maximum atomic E-state index is 12.1. The number of esters is 1. The zero-order valence-electron chi connectivity index (χ0n) is 14.2. The molecule has 1 fully saturated rings. The van der Waals surface area contributed by atoms with Crippen LogP contribution in [0.5, 0.6) is 0 Å². The van der Waals surface area contributed by atoms with Crippen molar-refractivity contribution in [2.24, 2.45) is 5.92 Å². The Balaban J connectivity index is 2.29. The first-order chi connectivity index (χ1) is 9.98. The van der Waals surface area contributed by atoms with E-state index in [9.17, 15) is 4.79 Å². The van der Waals surface area contributed by atoms with Crippen molar-refractivity contribution in [2.45, 2.75) is 77.8 Å². The second kappa shape index (κ2) is 9.42. The van der Waals surface area contributed by atoms with Crippen molar-refractivity contribution in [1.82, 2.24) is 5.32 Å². The molecule has 0 aliphatic heterocycles. The van der Waals surface area contributed by atoms with Crippen LogP contribution in [0.4, 0.5) is 0 Å². The molecule has 0 saturated heterocycles. The first-order valence-corrected chi connectivity index (χ1v) is 8.50. The lowest BCUT2D eigenvalue weighted by Crippen LogP contribution is -2.53. The predicted octanol–water partition coefficient (Wildman–Crippen LogP) is 3.29. The van der Waals surface area contributed by atoms with Crippen molar-refractivity contribution >= 4 is 5.97 Å². The average molecular weight is 299 g/mol. The van der Waals surface area contributed by atoms with E-state index in [1.54, 1.807) is 0 Å². The summed E-state index contributed by atoms with van der Waals surface area (Å²) in [6, 6.07) is 0.249. The van der Waals surface area contributed by atoms with Crippen LogP contribution < -0.4 is 5.32 Å². The molecule has 0 radical (unpaired) electrons. The van der Waals surface area contributed by atoms with Crippen molar-refractivity contribution < 1.29 is 14.3 Å². The Morgan fingerprint density at radius 1 is 1.33 bits per heavy atom. The van der Waals surface area contributed by atoms with Gasteiger partial charge < -0.3 is 9.47 Å². The molecule has 0 aromatic rings. The standard InChI is InChI=1S/C17H33NO3/c1-5-21-16(19)17(4,18-14(2)3)11-8-12-20-13-15-9-6-7-10-15/h14-15,18H,5-13H2,1-4H3. The van der Waals surface area contributed by atoms with Crippen LogP contribution in [-0.4, -0.2) is 37.4 Å². The van der Waals surface area contributed by atoms with Crippen LogP contribution in [0.2, 0.25) is 0 Å². The maximum Gasteiger partial charge on any atom is 0.326 e. The van der Waals surface area contributed by atoms with Gasteiger partial charge in [-0.1, -0.05) is 12.8 Å². The Morgan fingerprint density at radius 2 is 2.00 bits per heavy atom. The number of hydrogen-bond acceptors (Lipinski definition) is 4. The minimum absolute atomic E-state index is 0.158. The lowest BCUT2D eigenvalue weighted by molar-refractivity contribution is -0.151. The fourth-order valence-electron chi connectivity index (χ4n) is 3.12. The van der Waals surface area contributed by atoms with Gasteiger partial charge in [-0.05, 0) is 59.3 Å². The van der Waals surface area contributed by atoms with Crippen molar-refractivity contribution in [2.75, 3.05) is 19.8 Å². The minimum Gasteiger partial charge on any atom is -0.465 e. The van der Waals surface area contributed by atoms with Gasteiger partial charge in [0.05, 0.1) is 6.61 Å². The predicted molar refractivity (Wildman–Crippen MR) is 85.3 cm³/mol. The number of rotatable bonds is 10. The molecule has 21 heavy (non-hydrogen) atoms. The van der Waals surface area contributed by atoms with Gasteiger partial charge in [0.25, 0.3) is 0 Å². The molecule has 0 aromatic carbocycles. The lowest BCUT2D eigenvalue weighted by atomic mass is 9.95. The van der Waals surface area contributed by atoms with Crippen molar-refractivity contribution in [1.29, 1.82) is 0 Å². The molecule has 0 heterocycles. The van der Waals surface area contributed by atoms with Gasteiger partial charge in [0, 0.05) is 19.3 Å². The third-order valence-electron chi connectivity index (χ3n) is 4.13. The molecule has 0 spiro atoms. The topological polar surface area (TPSA) is 47.6 Å². The van der Waals surface area contributed by atoms with Gasteiger partial charge >= 0.3 is 5.97 Å². The summed E-state index contributed by atoms with van der Waals surface area (Å²) in [5.41, 5.74) is -0.610. The Hall–Kier alpha value is -0.610. The van der Waals surface area contributed by atoms with Gasteiger partial charge in [0.2, 0.25) is 0 Å². The largest absolute Gasteiger partial charge is 0.465 e. The number of ether oxygens (including phenoxy) is 2. The summed E-state index contributed by atoms with van der Waals surface area (Å²) in [5, 5.41) is 3.34. The number of carbonyl (C=O) groups excluding carboxylic acids is 1. The van der Waals surface area contributed by atoms with Crippen molar-refractivity contribution in [3.05, 3.63) is 0 Å². The Labute approximate surface area is 130 Å². The summed E-state index contributed by atoms with van der Waals surface area (Å²) in [4.78, 5) is 12.1. The van der Waals surface area contributed by atoms with Crippen LogP contribution >= 0.6 is 0 Å². The van der Waals surface area contributed by atoms with E-state index in [1.807, 2.05) is 27.7 Å². The quantitative estimate of drug-likeness (QED) is 0.497. The molecule has 1 rings (SSSR count). The normalized spacial score (nSPS) is 18.9. The van der Waals surface area contributed by atoms with E-state index >= 15 is 0 Å². The van der Waals surface area contributed by atoms with Gasteiger partial charge in [0.15, 0.2) is 0 Å². The summed E-state index contributed by atoms with van der Waals surface area (Å²) in [6.45, 7) is 9.91. The van der Waals surface area contributed by atoms with Crippen LogP contribution in [0.25, 0.3) is 0 Å². The molecule has 4 nitrogen and oxygen atoms in total. The highest BCUT2D eigenvalue weighted by molar-refractivity contribution is 5.80. The number of nitrogens with one attached hydrogen (secondary N) is 1. The van der Waals surface area contributed by atoms with E-state index in [0.717, 1.165) is 32.0 Å². The molecular weight excluding hydrogens is 266 g/mol. The van der Waals surface area contributed by atoms with Gasteiger partial charge in [0.1, 0.15) is 5.54 Å². The van der Waals surface area contributed by atoms with E-state index < -0.39 is 5.54 Å². The fraction of sp³-hybridized carbons (Fsp3) is 0.941. The van der Waals surface area contributed by atoms with E-state index in [2.05, 4.69) is 5.32 Å². The summed E-state index contributed by atoms with van der Waals surface area (Å²) >= 11 is 0. The summed E-state index contributed by atoms with van der Waals surface area (Å²) in [6.07, 6.45) is 6.96. The van der Waals surface area contributed by atoms with Gasteiger partial charge in [-0.25, -0.2) is 0 Å². The summed E-state index contributed by atoms with van der Waals surface area (Å²) in [7, 11) is 0. The molecule has 0 bridgehead atoms. The molecule has 0 amide bonds. The Kier molecular flexibility index (Phi) is 8.27. The SMILES string of the molecule is CCOC(=O)C(C)(CCCOCC1CCCC1)NC(C)C. The smallest absolute Gasteiger partial charge is 0.326 e. The van der Waals surface area contributed by atoms with Crippen molar-refractivity contribution in [3.8, 4) is 0 Å². The van der Waals surface area contributed by atoms with E-state index in [4.69, 9.17) is 9.47 Å². The van der Waals surface area contributed by atoms with Crippen LogP contribution in [0.1, 0.15) is 66.2 Å². The summed E-state index contributed by atoms with van der Waals surface area (Å²) < 4.78 is 11.0. The molecule has 4 heteroatoms. The highest BCUT2D eigenvalue weighted by Crippen LogP contribution is 2.25. The zero-order valence-corrected chi connectivity index (χ0v) is 14.2. The molecule has 1 N–H and O–H groups in total. The molecule has 1 unspecified atom stereocenters. The second-order valence-corrected chi connectivity index (χ2v) is 6.68. The molecule has 1 aliphatic carbocycles. The average Bonchev–Trinajstić information content (AvgIpc) is 2.91. The second-order valence-electron chi connectivity index (χ2n) is 6.68. The monoisotopic (exact) mass is 299 g/mol. The molecule has 124 valence electrons. The van der Waals surface area contributed by atoms with Crippen molar-refractivity contribution in [3.63, 3.8) is 0 Å². The molecule has 1 atom stereocenters. The van der Waals surface area contributed by atoms with Gasteiger partial charge in [-0.3, -0.25) is 10.1 Å². The maximum absolute atomic E-state index is 12.1. The molecular formula is C17H33NO3.